The van der Waals surface area contributed by atoms with Crippen LogP contribution in [0.3, 0.4) is 0 Å². The number of aldehydes is 1. The number of rotatable bonds is 24. The molecule has 0 heterocycles. The van der Waals surface area contributed by atoms with E-state index in [9.17, 15) is 29.1 Å². The Morgan fingerprint density at radius 3 is 1.98 bits per heavy atom. The summed E-state index contributed by atoms with van der Waals surface area (Å²) in [5.74, 6) is -2.56. The van der Waals surface area contributed by atoms with E-state index in [0.717, 1.165) is 63.2 Å². The smallest absolute Gasteiger partial charge is 0.408 e. The maximum atomic E-state index is 13.5. The number of aliphatic carboxylic acids is 1. The Morgan fingerprint density at radius 1 is 0.837 bits per heavy atom. The number of ether oxygens (including phenoxy) is 2. The average molecular weight is 604 g/mol. The molecular weight excluding hydrogens is 550 g/mol. The maximum absolute atomic E-state index is 13.5. The number of ketones is 1. The van der Waals surface area contributed by atoms with Gasteiger partial charge in [0.15, 0.2) is 5.78 Å². The van der Waals surface area contributed by atoms with Crippen molar-refractivity contribution in [2.75, 3.05) is 0 Å². The first-order valence-corrected chi connectivity index (χ1v) is 15.9. The van der Waals surface area contributed by atoms with Crippen molar-refractivity contribution in [2.24, 2.45) is 5.92 Å². The highest BCUT2D eigenvalue weighted by Crippen LogP contribution is 2.21. The third-order valence-electron chi connectivity index (χ3n) is 7.10. The van der Waals surface area contributed by atoms with Gasteiger partial charge >= 0.3 is 18.0 Å². The van der Waals surface area contributed by atoms with Gasteiger partial charge in [0.05, 0.1) is 12.5 Å². The highest BCUT2D eigenvalue weighted by molar-refractivity contribution is 5.91. The molecule has 1 unspecified atom stereocenters. The zero-order valence-corrected chi connectivity index (χ0v) is 26.4. The van der Waals surface area contributed by atoms with E-state index < -0.39 is 35.6 Å². The molecule has 242 valence electrons. The fourth-order valence-electron chi connectivity index (χ4n) is 4.87. The minimum Gasteiger partial charge on any atom is -0.481 e. The molecular formula is C34H53NO8. The van der Waals surface area contributed by atoms with Gasteiger partial charge in [0.1, 0.15) is 18.5 Å². The summed E-state index contributed by atoms with van der Waals surface area (Å²) >= 11 is 0. The summed E-state index contributed by atoms with van der Waals surface area (Å²) in [7, 11) is 0. The summed E-state index contributed by atoms with van der Waals surface area (Å²) in [5.41, 5.74) is 0.102. The minimum atomic E-state index is -1.06. The molecule has 0 aliphatic carbocycles. The predicted molar refractivity (Wildman–Crippen MR) is 165 cm³/mol. The van der Waals surface area contributed by atoms with Crippen LogP contribution in [0, 0.1) is 5.92 Å². The molecule has 0 aromatic heterocycles. The number of hydrogen-bond donors (Lipinski definition) is 2. The number of carbonyl (C=O) groups is 5. The number of Topliss-reactive ketones (excluding diaryl/α,β-unsaturated/α-hetero) is 1. The lowest BCUT2D eigenvalue weighted by Crippen LogP contribution is -2.46. The lowest BCUT2D eigenvalue weighted by molar-refractivity contribution is -0.145. The number of hydrogen-bond acceptors (Lipinski definition) is 7. The molecule has 0 fully saturated rings. The van der Waals surface area contributed by atoms with E-state index in [0.29, 0.717) is 12.8 Å². The van der Waals surface area contributed by atoms with Gasteiger partial charge in [0.2, 0.25) is 0 Å². The SMILES string of the molecule is CC(C)(C)OC(=O)N[C@@H](CCCC(=O)OCc1ccccc1)C(=O)C(CCCCCCCCCCCCC=O)CC(=O)O. The highest BCUT2D eigenvalue weighted by Gasteiger charge is 2.31. The second-order valence-electron chi connectivity index (χ2n) is 12.2. The van der Waals surface area contributed by atoms with Crippen LogP contribution in [-0.4, -0.2) is 46.9 Å². The molecule has 2 N–H and O–H groups in total. The Kier molecular flexibility index (Phi) is 19.6. The topological polar surface area (TPSA) is 136 Å². The molecule has 2 atom stereocenters. The first-order chi connectivity index (χ1) is 20.5. The fourth-order valence-corrected chi connectivity index (χ4v) is 4.87. The van der Waals surface area contributed by atoms with Gasteiger partial charge in [-0.2, -0.15) is 0 Å². The van der Waals surface area contributed by atoms with E-state index >= 15 is 0 Å². The second kappa shape index (κ2) is 22.3. The van der Waals surface area contributed by atoms with Gasteiger partial charge in [-0.3, -0.25) is 14.4 Å². The molecule has 1 aromatic carbocycles. The highest BCUT2D eigenvalue weighted by atomic mass is 16.6. The molecule has 0 saturated heterocycles. The largest absolute Gasteiger partial charge is 0.481 e. The Balaban J connectivity index is 2.60. The molecule has 1 rings (SSSR count). The van der Waals surface area contributed by atoms with Crippen molar-refractivity contribution in [3.63, 3.8) is 0 Å². The van der Waals surface area contributed by atoms with E-state index in [2.05, 4.69) is 5.32 Å². The van der Waals surface area contributed by atoms with Crippen LogP contribution < -0.4 is 5.32 Å². The van der Waals surface area contributed by atoms with Crippen molar-refractivity contribution >= 4 is 30.1 Å². The van der Waals surface area contributed by atoms with Crippen molar-refractivity contribution in [1.29, 1.82) is 0 Å². The normalized spacial score (nSPS) is 12.6. The van der Waals surface area contributed by atoms with Crippen molar-refractivity contribution in [3.05, 3.63) is 35.9 Å². The van der Waals surface area contributed by atoms with Crippen LogP contribution in [0.15, 0.2) is 30.3 Å². The number of unbranched alkanes of at least 4 members (excludes halogenated alkanes) is 10. The Hall–Kier alpha value is -3.23. The molecule has 9 heteroatoms. The quantitative estimate of drug-likeness (QED) is 0.0712. The van der Waals surface area contributed by atoms with Crippen LogP contribution >= 0.6 is 0 Å². The van der Waals surface area contributed by atoms with Gasteiger partial charge in [-0.1, -0.05) is 88.1 Å². The van der Waals surface area contributed by atoms with Crippen LogP contribution in [0.4, 0.5) is 4.79 Å². The van der Waals surface area contributed by atoms with Crippen LogP contribution in [0.25, 0.3) is 0 Å². The standard InChI is InChI=1S/C34H53NO8/c1-34(2,3)43-33(41)35-29(22-18-23-31(39)42-26-27-19-14-13-15-20-27)32(40)28(25-30(37)38)21-16-11-9-7-5-4-6-8-10-12-17-24-36/h13-15,19-20,24,28-29H,4-12,16-18,21-23,25-26H2,1-3H3,(H,35,41)(H,37,38)/t28?,29-/m0/s1. The summed E-state index contributed by atoms with van der Waals surface area (Å²) < 4.78 is 10.7. The molecule has 43 heavy (non-hydrogen) atoms. The molecule has 0 radical (unpaired) electrons. The van der Waals surface area contributed by atoms with Gasteiger partial charge in [-0.25, -0.2) is 4.79 Å². The van der Waals surface area contributed by atoms with Gasteiger partial charge < -0.3 is 24.7 Å². The van der Waals surface area contributed by atoms with E-state index in [1.807, 2.05) is 30.3 Å². The summed E-state index contributed by atoms with van der Waals surface area (Å²) in [4.78, 5) is 60.3. The lowest BCUT2D eigenvalue weighted by atomic mass is 9.87. The zero-order valence-electron chi connectivity index (χ0n) is 26.4. The van der Waals surface area contributed by atoms with Crippen LogP contribution in [0.1, 0.15) is 129 Å². The minimum absolute atomic E-state index is 0.0644. The first-order valence-electron chi connectivity index (χ1n) is 15.9. The van der Waals surface area contributed by atoms with Crippen LogP contribution in [-0.2, 0) is 35.3 Å². The van der Waals surface area contributed by atoms with Gasteiger partial charge in [0.25, 0.3) is 0 Å². The van der Waals surface area contributed by atoms with E-state index in [1.165, 1.54) is 12.8 Å². The molecule has 1 aromatic rings. The fraction of sp³-hybridized carbons (Fsp3) is 0.676. The number of nitrogens with one attached hydrogen (secondary N) is 1. The van der Waals surface area contributed by atoms with Crippen LogP contribution in [0.5, 0.6) is 0 Å². The predicted octanol–water partition coefficient (Wildman–Crippen LogP) is 7.33. The number of carboxylic acids is 1. The molecule has 0 saturated carbocycles. The monoisotopic (exact) mass is 603 g/mol. The van der Waals surface area contributed by atoms with E-state index in [1.54, 1.807) is 20.8 Å². The van der Waals surface area contributed by atoms with Crippen molar-refractivity contribution in [3.8, 4) is 0 Å². The van der Waals surface area contributed by atoms with Gasteiger partial charge in [-0.15, -0.1) is 0 Å². The first kappa shape index (κ1) is 37.8. The van der Waals surface area contributed by atoms with E-state index in [4.69, 9.17) is 9.47 Å². The number of carboxylic acid groups (broad SMARTS) is 1. The molecule has 1 amide bonds. The molecule has 0 bridgehead atoms. The van der Waals surface area contributed by atoms with E-state index in [-0.39, 0.29) is 38.1 Å². The molecule has 0 aliphatic rings. The number of alkyl carbamates (subject to hydrolysis) is 1. The molecule has 0 spiro atoms. The third-order valence-corrected chi connectivity index (χ3v) is 7.10. The zero-order chi connectivity index (χ0) is 31.9. The summed E-state index contributed by atoms with van der Waals surface area (Å²) in [6.07, 6.45) is 11.9. The molecule has 0 aliphatic heterocycles. The van der Waals surface area contributed by atoms with Crippen molar-refractivity contribution in [2.45, 2.75) is 142 Å². The average Bonchev–Trinajstić information content (AvgIpc) is 2.94. The molecule has 9 nitrogen and oxygen atoms in total. The number of benzene rings is 1. The van der Waals surface area contributed by atoms with Crippen molar-refractivity contribution in [1.82, 2.24) is 5.32 Å². The maximum Gasteiger partial charge on any atom is 0.408 e. The van der Waals surface area contributed by atoms with Crippen molar-refractivity contribution < 1.29 is 38.6 Å². The van der Waals surface area contributed by atoms with Crippen LogP contribution in [0.2, 0.25) is 0 Å². The van der Waals surface area contributed by atoms with Gasteiger partial charge in [0, 0.05) is 18.8 Å². The number of amides is 1. The Bertz CT molecular complexity index is 957. The summed E-state index contributed by atoms with van der Waals surface area (Å²) in [6.45, 7) is 5.31. The second-order valence-corrected chi connectivity index (χ2v) is 12.2. The third kappa shape index (κ3) is 20.3. The number of carbonyl (C=O) groups excluding carboxylic acids is 4. The summed E-state index contributed by atoms with van der Waals surface area (Å²) in [5, 5.41) is 12.1. The van der Waals surface area contributed by atoms with Gasteiger partial charge in [-0.05, 0) is 52.0 Å². The Labute approximate surface area is 257 Å². The lowest BCUT2D eigenvalue weighted by Gasteiger charge is -2.25. The summed E-state index contributed by atoms with van der Waals surface area (Å²) in [6, 6.07) is 8.35. The Morgan fingerprint density at radius 2 is 1.42 bits per heavy atom. The number of esters is 1.